The van der Waals surface area contributed by atoms with Gasteiger partial charge in [0, 0.05) is 11.1 Å². The summed E-state index contributed by atoms with van der Waals surface area (Å²) in [5.74, 6) is 1.58. The summed E-state index contributed by atoms with van der Waals surface area (Å²) in [6, 6.07) is 6.94. The van der Waals surface area contributed by atoms with Crippen molar-refractivity contribution in [3.05, 3.63) is 34.3 Å². The maximum absolute atomic E-state index is 6.52. The van der Waals surface area contributed by atoms with E-state index in [1.54, 1.807) is 0 Å². The number of aryl methyl sites for hydroxylation is 1. The molecule has 1 fully saturated rings. The predicted octanol–water partition coefficient (Wildman–Crippen LogP) is 5.52. The second kappa shape index (κ2) is 7.47. The number of halogens is 1. The highest BCUT2D eigenvalue weighted by molar-refractivity contribution is 6.31. The van der Waals surface area contributed by atoms with E-state index in [9.17, 15) is 0 Å². The lowest BCUT2D eigenvalue weighted by molar-refractivity contribution is 0.224. The number of benzene rings is 1. The molecule has 0 heterocycles. The summed E-state index contributed by atoms with van der Waals surface area (Å²) < 4.78 is 0. The minimum Gasteiger partial charge on any atom is -0.310 e. The summed E-state index contributed by atoms with van der Waals surface area (Å²) in [6.07, 6.45) is 6.57. The van der Waals surface area contributed by atoms with Crippen molar-refractivity contribution in [3.8, 4) is 0 Å². The van der Waals surface area contributed by atoms with Crippen LogP contribution >= 0.6 is 11.6 Å². The third-order valence-electron chi connectivity index (χ3n) is 4.55. The molecule has 0 bridgehead atoms. The Kier molecular flexibility index (Phi) is 5.92. The van der Waals surface area contributed by atoms with Crippen LogP contribution in [0.3, 0.4) is 0 Å². The molecule has 1 aliphatic rings. The lowest BCUT2D eigenvalue weighted by atomic mass is 9.76. The molecule has 1 N–H and O–H groups in total. The zero-order chi connectivity index (χ0) is 14.5. The van der Waals surface area contributed by atoms with Crippen molar-refractivity contribution in [1.29, 1.82) is 0 Å². The summed E-state index contributed by atoms with van der Waals surface area (Å²) in [7, 11) is 0. The lowest BCUT2D eigenvalue weighted by Gasteiger charge is -2.34. The SMILES string of the molecule is CCCNC(c1ccc(C)cc1Cl)C1CCCC(C)C1. The van der Waals surface area contributed by atoms with Gasteiger partial charge in [0.25, 0.3) is 0 Å². The molecule has 0 radical (unpaired) electrons. The molecule has 3 atom stereocenters. The Balaban J connectivity index is 2.21. The van der Waals surface area contributed by atoms with Crippen molar-refractivity contribution in [2.75, 3.05) is 6.54 Å². The van der Waals surface area contributed by atoms with E-state index >= 15 is 0 Å². The summed E-state index contributed by atoms with van der Waals surface area (Å²) in [5.41, 5.74) is 2.54. The molecule has 0 amide bonds. The van der Waals surface area contributed by atoms with Gasteiger partial charge in [0.1, 0.15) is 0 Å². The molecule has 2 heteroatoms. The Bertz CT molecular complexity index is 429. The zero-order valence-corrected chi connectivity index (χ0v) is 13.8. The first-order valence-electron chi connectivity index (χ1n) is 8.11. The van der Waals surface area contributed by atoms with Crippen LogP contribution in [0.5, 0.6) is 0 Å². The van der Waals surface area contributed by atoms with E-state index in [1.807, 2.05) is 0 Å². The van der Waals surface area contributed by atoms with E-state index in [0.29, 0.717) is 6.04 Å². The van der Waals surface area contributed by atoms with Crippen LogP contribution < -0.4 is 5.32 Å². The molecule has 1 aromatic rings. The normalized spacial score (nSPS) is 24.6. The van der Waals surface area contributed by atoms with Gasteiger partial charge in [0.15, 0.2) is 0 Å². The monoisotopic (exact) mass is 293 g/mol. The fourth-order valence-corrected chi connectivity index (χ4v) is 3.85. The average molecular weight is 294 g/mol. The van der Waals surface area contributed by atoms with E-state index in [2.05, 4.69) is 44.3 Å². The van der Waals surface area contributed by atoms with Crippen molar-refractivity contribution in [1.82, 2.24) is 5.32 Å². The third-order valence-corrected chi connectivity index (χ3v) is 4.88. The second-order valence-electron chi connectivity index (χ2n) is 6.49. The first-order valence-corrected chi connectivity index (χ1v) is 8.49. The van der Waals surface area contributed by atoms with Crippen molar-refractivity contribution in [3.63, 3.8) is 0 Å². The maximum Gasteiger partial charge on any atom is 0.0456 e. The largest absolute Gasteiger partial charge is 0.310 e. The predicted molar refractivity (Wildman–Crippen MR) is 88.3 cm³/mol. The van der Waals surface area contributed by atoms with E-state index in [-0.39, 0.29) is 0 Å². The molecule has 1 aliphatic carbocycles. The van der Waals surface area contributed by atoms with E-state index in [1.165, 1.54) is 43.2 Å². The first kappa shape index (κ1) is 15.9. The van der Waals surface area contributed by atoms with Crippen LogP contribution in [0.1, 0.15) is 63.1 Å². The van der Waals surface area contributed by atoms with Crippen LogP contribution in [-0.4, -0.2) is 6.54 Å². The molecule has 1 nitrogen and oxygen atoms in total. The van der Waals surface area contributed by atoms with Gasteiger partial charge in [0.05, 0.1) is 0 Å². The lowest BCUT2D eigenvalue weighted by Crippen LogP contribution is -2.32. The molecule has 0 spiro atoms. The Hall–Kier alpha value is -0.530. The number of rotatable bonds is 5. The van der Waals surface area contributed by atoms with E-state index in [4.69, 9.17) is 11.6 Å². The summed E-state index contributed by atoms with van der Waals surface area (Å²) in [4.78, 5) is 0. The van der Waals surface area contributed by atoms with Crippen LogP contribution in [0.25, 0.3) is 0 Å². The fourth-order valence-electron chi connectivity index (χ4n) is 3.50. The highest BCUT2D eigenvalue weighted by atomic mass is 35.5. The molecule has 2 rings (SSSR count). The number of hydrogen-bond acceptors (Lipinski definition) is 1. The van der Waals surface area contributed by atoms with Gasteiger partial charge in [-0.15, -0.1) is 0 Å². The van der Waals surface area contributed by atoms with Crippen LogP contribution in [0.2, 0.25) is 5.02 Å². The topological polar surface area (TPSA) is 12.0 Å². The van der Waals surface area contributed by atoms with Crippen LogP contribution in [0.15, 0.2) is 18.2 Å². The highest BCUT2D eigenvalue weighted by Crippen LogP contribution is 2.39. The second-order valence-corrected chi connectivity index (χ2v) is 6.90. The molecule has 1 aromatic carbocycles. The smallest absolute Gasteiger partial charge is 0.0456 e. The molecule has 1 saturated carbocycles. The van der Waals surface area contributed by atoms with Gasteiger partial charge in [0.2, 0.25) is 0 Å². The van der Waals surface area contributed by atoms with Crippen LogP contribution in [-0.2, 0) is 0 Å². The zero-order valence-electron chi connectivity index (χ0n) is 13.1. The van der Waals surface area contributed by atoms with Crippen LogP contribution in [0, 0.1) is 18.8 Å². The van der Waals surface area contributed by atoms with E-state index < -0.39 is 0 Å². The van der Waals surface area contributed by atoms with Gasteiger partial charge in [-0.3, -0.25) is 0 Å². The summed E-state index contributed by atoms with van der Waals surface area (Å²) >= 11 is 6.52. The fraction of sp³-hybridized carbons (Fsp3) is 0.667. The molecular formula is C18H28ClN. The van der Waals surface area contributed by atoms with Gasteiger partial charge >= 0.3 is 0 Å². The number of hydrogen-bond donors (Lipinski definition) is 1. The van der Waals surface area contributed by atoms with E-state index in [0.717, 1.165) is 23.4 Å². The third kappa shape index (κ3) is 3.99. The van der Waals surface area contributed by atoms with Crippen molar-refractivity contribution in [2.45, 2.75) is 58.9 Å². The van der Waals surface area contributed by atoms with Gasteiger partial charge in [-0.25, -0.2) is 0 Å². The van der Waals surface area contributed by atoms with Gasteiger partial charge < -0.3 is 5.32 Å². The molecule has 3 unspecified atom stereocenters. The molecular weight excluding hydrogens is 266 g/mol. The standard InChI is InChI=1S/C18H28ClN/c1-4-10-20-18(15-7-5-6-13(2)11-15)16-9-8-14(3)12-17(16)19/h8-9,12-13,15,18,20H,4-7,10-11H2,1-3H3. The Labute approximate surface area is 129 Å². The molecule has 0 aromatic heterocycles. The highest BCUT2D eigenvalue weighted by Gasteiger charge is 2.28. The Morgan fingerprint density at radius 2 is 2.15 bits per heavy atom. The van der Waals surface area contributed by atoms with Crippen molar-refractivity contribution in [2.24, 2.45) is 11.8 Å². The number of nitrogens with one attached hydrogen (secondary N) is 1. The average Bonchev–Trinajstić information content (AvgIpc) is 2.41. The molecule has 0 aliphatic heterocycles. The first-order chi connectivity index (χ1) is 9.61. The quantitative estimate of drug-likeness (QED) is 0.754. The minimum absolute atomic E-state index is 0.422. The molecule has 0 saturated heterocycles. The Morgan fingerprint density at radius 1 is 1.35 bits per heavy atom. The molecule has 112 valence electrons. The Morgan fingerprint density at radius 3 is 2.80 bits per heavy atom. The van der Waals surface area contributed by atoms with Gasteiger partial charge in [-0.2, -0.15) is 0 Å². The maximum atomic E-state index is 6.52. The van der Waals surface area contributed by atoms with Gasteiger partial charge in [-0.1, -0.05) is 50.4 Å². The summed E-state index contributed by atoms with van der Waals surface area (Å²) in [6.45, 7) is 7.79. The summed E-state index contributed by atoms with van der Waals surface area (Å²) in [5, 5.41) is 4.68. The molecule has 20 heavy (non-hydrogen) atoms. The van der Waals surface area contributed by atoms with Crippen molar-refractivity contribution < 1.29 is 0 Å². The minimum atomic E-state index is 0.422. The van der Waals surface area contributed by atoms with Crippen LogP contribution in [0.4, 0.5) is 0 Å². The van der Waals surface area contributed by atoms with Gasteiger partial charge in [-0.05, 0) is 61.8 Å². The van der Waals surface area contributed by atoms with Crippen molar-refractivity contribution >= 4 is 11.6 Å².